The Morgan fingerprint density at radius 3 is 2.43 bits per heavy atom. The molecule has 0 bridgehead atoms. The molecule has 0 unspecified atom stereocenters. The lowest BCUT2D eigenvalue weighted by molar-refractivity contribution is -0.118. The number of carbonyl (C=O) groups is 2. The van der Waals surface area contributed by atoms with Gasteiger partial charge in [0.2, 0.25) is 11.8 Å². The second-order valence-electron chi connectivity index (χ2n) is 4.91. The van der Waals surface area contributed by atoms with Crippen LogP contribution < -0.4 is 10.6 Å². The van der Waals surface area contributed by atoms with Gasteiger partial charge in [-0.25, -0.2) is 0 Å². The van der Waals surface area contributed by atoms with Gasteiger partial charge in [-0.2, -0.15) is 0 Å². The third-order valence-corrected chi connectivity index (χ3v) is 3.56. The van der Waals surface area contributed by atoms with Crippen molar-refractivity contribution >= 4 is 29.3 Å². The van der Waals surface area contributed by atoms with Crippen molar-refractivity contribution in [1.29, 1.82) is 0 Å². The van der Waals surface area contributed by atoms with Gasteiger partial charge in [0.25, 0.3) is 0 Å². The fourth-order valence-corrected chi connectivity index (χ4v) is 2.28. The van der Waals surface area contributed by atoms with Crippen LogP contribution in [0.4, 0.5) is 5.69 Å². The molecule has 1 rings (SSSR count). The van der Waals surface area contributed by atoms with Gasteiger partial charge in [-0.3, -0.25) is 9.59 Å². The molecule has 21 heavy (non-hydrogen) atoms. The highest BCUT2D eigenvalue weighted by molar-refractivity contribution is 8.00. The number of amides is 2. The van der Waals surface area contributed by atoms with Crippen molar-refractivity contribution in [1.82, 2.24) is 10.2 Å². The van der Waals surface area contributed by atoms with E-state index in [-0.39, 0.29) is 17.6 Å². The number of thioether (sulfide) groups is 1. The van der Waals surface area contributed by atoms with E-state index in [1.165, 1.54) is 11.8 Å². The van der Waals surface area contributed by atoms with E-state index in [9.17, 15) is 9.59 Å². The Morgan fingerprint density at radius 2 is 1.76 bits per heavy atom. The number of benzene rings is 1. The summed E-state index contributed by atoms with van der Waals surface area (Å²) in [6, 6.07) is 9.29. The van der Waals surface area contributed by atoms with Crippen molar-refractivity contribution in [2.45, 2.75) is 6.42 Å². The predicted octanol–water partition coefficient (Wildman–Crippen LogP) is 1.43. The zero-order chi connectivity index (χ0) is 15.5. The number of nitrogens with one attached hydrogen (secondary N) is 2. The first-order valence-corrected chi connectivity index (χ1v) is 8.07. The van der Waals surface area contributed by atoms with E-state index >= 15 is 0 Å². The molecule has 0 saturated heterocycles. The minimum absolute atomic E-state index is 0.0220. The van der Waals surface area contributed by atoms with Crippen LogP contribution in [0.5, 0.6) is 0 Å². The van der Waals surface area contributed by atoms with Crippen molar-refractivity contribution in [3.8, 4) is 0 Å². The topological polar surface area (TPSA) is 61.4 Å². The normalized spacial score (nSPS) is 10.4. The molecule has 6 heteroatoms. The van der Waals surface area contributed by atoms with Gasteiger partial charge in [0, 0.05) is 12.2 Å². The number of carbonyl (C=O) groups excluding carboxylic acids is 2. The average molecular weight is 309 g/mol. The Labute approximate surface area is 130 Å². The molecule has 5 nitrogen and oxygen atoms in total. The van der Waals surface area contributed by atoms with Gasteiger partial charge in [0.1, 0.15) is 0 Å². The molecule has 0 aromatic heterocycles. The summed E-state index contributed by atoms with van der Waals surface area (Å²) < 4.78 is 0. The molecule has 0 aliphatic heterocycles. The molecule has 0 radical (unpaired) electrons. The van der Waals surface area contributed by atoms with E-state index in [1.807, 2.05) is 44.4 Å². The molecule has 0 heterocycles. The molecule has 0 fully saturated rings. The molecule has 0 spiro atoms. The monoisotopic (exact) mass is 309 g/mol. The third-order valence-electron chi connectivity index (χ3n) is 2.63. The van der Waals surface area contributed by atoms with Crippen LogP contribution >= 0.6 is 11.8 Å². The number of anilines is 1. The number of nitrogens with zero attached hydrogens (tertiary/aromatic N) is 1. The van der Waals surface area contributed by atoms with E-state index in [2.05, 4.69) is 15.5 Å². The zero-order valence-corrected chi connectivity index (χ0v) is 13.4. The van der Waals surface area contributed by atoms with Gasteiger partial charge in [0.15, 0.2) is 0 Å². The fourth-order valence-electron chi connectivity index (χ4n) is 1.63. The number of rotatable bonds is 9. The Morgan fingerprint density at radius 1 is 1.10 bits per heavy atom. The zero-order valence-electron chi connectivity index (χ0n) is 12.6. The van der Waals surface area contributed by atoms with Gasteiger partial charge in [-0.1, -0.05) is 18.2 Å². The van der Waals surface area contributed by atoms with E-state index < -0.39 is 0 Å². The van der Waals surface area contributed by atoms with Gasteiger partial charge in [0.05, 0.1) is 11.5 Å². The number of para-hydroxylation sites is 1. The minimum atomic E-state index is -0.0911. The lowest BCUT2D eigenvalue weighted by atomic mass is 10.3. The van der Waals surface area contributed by atoms with Crippen molar-refractivity contribution in [3.63, 3.8) is 0 Å². The number of hydrogen-bond donors (Lipinski definition) is 2. The van der Waals surface area contributed by atoms with Crippen molar-refractivity contribution < 1.29 is 9.59 Å². The molecule has 1 aromatic carbocycles. The summed E-state index contributed by atoms with van der Waals surface area (Å²) >= 11 is 1.32. The molecule has 1 aromatic rings. The summed E-state index contributed by atoms with van der Waals surface area (Å²) in [6.45, 7) is 1.63. The Balaban J connectivity index is 2.07. The first kappa shape index (κ1) is 17.5. The number of hydrogen-bond acceptors (Lipinski definition) is 4. The third kappa shape index (κ3) is 9.10. The van der Waals surface area contributed by atoms with Gasteiger partial charge < -0.3 is 15.5 Å². The smallest absolute Gasteiger partial charge is 0.234 e. The SMILES string of the molecule is CN(C)CCCNC(=O)CSCC(=O)Nc1ccccc1. The molecule has 0 aliphatic carbocycles. The highest BCUT2D eigenvalue weighted by atomic mass is 32.2. The van der Waals surface area contributed by atoms with Crippen molar-refractivity contribution in [2.24, 2.45) is 0 Å². The first-order valence-electron chi connectivity index (χ1n) is 6.92. The summed E-state index contributed by atoms with van der Waals surface area (Å²) in [5, 5.41) is 5.63. The van der Waals surface area contributed by atoms with Crippen molar-refractivity contribution in [3.05, 3.63) is 30.3 Å². The van der Waals surface area contributed by atoms with Crippen LogP contribution in [0, 0.1) is 0 Å². The standard InChI is InChI=1S/C15H23N3O2S/c1-18(2)10-6-9-16-14(19)11-21-12-15(20)17-13-7-4-3-5-8-13/h3-5,7-8H,6,9-12H2,1-2H3,(H,16,19)(H,17,20). The van der Waals surface area contributed by atoms with E-state index in [0.29, 0.717) is 12.3 Å². The fraction of sp³-hybridized carbons (Fsp3) is 0.467. The van der Waals surface area contributed by atoms with Crippen LogP contribution in [-0.2, 0) is 9.59 Å². The lowest BCUT2D eigenvalue weighted by Crippen LogP contribution is -2.29. The first-order chi connectivity index (χ1) is 10.1. The maximum absolute atomic E-state index is 11.7. The second kappa shape index (κ2) is 10.2. The van der Waals surface area contributed by atoms with E-state index in [4.69, 9.17) is 0 Å². The Kier molecular flexibility index (Phi) is 8.54. The minimum Gasteiger partial charge on any atom is -0.355 e. The molecule has 2 amide bonds. The van der Waals surface area contributed by atoms with Crippen LogP contribution in [0.2, 0.25) is 0 Å². The van der Waals surface area contributed by atoms with Crippen LogP contribution in [0.25, 0.3) is 0 Å². The summed E-state index contributed by atoms with van der Waals surface area (Å²) in [4.78, 5) is 25.3. The molecule has 0 aliphatic rings. The Bertz CT molecular complexity index is 438. The molecule has 2 N–H and O–H groups in total. The van der Waals surface area contributed by atoms with Gasteiger partial charge in [-0.15, -0.1) is 11.8 Å². The maximum atomic E-state index is 11.7. The molecule has 0 saturated carbocycles. The molecule has 0 atom stereocenters. The summed E-state index contributed by atoms with van der Waals surface area (Å²) in [7, 11) is 4.01. The highest BCUT2D eigenvalue weighted by Crippen LogP contribution is 2.06. The van der Waals surface area contributed by atoms with E-state index in [0.717, 1.165) is 18.7 Å². The summed E-state index contributed by atoms with van der Waals surface area (Å²) in [5.41, 5.74) is 0.774. The molecular weight excluding hydrogens is 286 g/mol. The average Bonchev–Trinajstić information content (AvgIpc) is 2.44. The van der Waals surface area contributed by atoms with Crippen LogP contribution in [-0.4, -0.2) is 55.4 Å². The Hall–Kier alpha value is -1.53. The lowest BCUT2D eigenvalue weighted by Gasteiger charge is -2.09. The van der Waals surface area contributed by atoms with Crippen LogP contribution in [0.15, 0.2) is 30.3 Å². The van der Waals surface area contributed by atoms with E-state index in [1.54, 1.807) is 0 Å². The van der Waals surface area contributed by atoms with Crippen LogP contribution in [0.1, 0.15) is 6.42 Å². The van der Waals surface area contributed by atoms with Crippen molar-refractivity contribution in [2.75, 3.05) is 44.0 Å². The molecule has 116 valence electrons. The predicted molar refractivity (Wildman–Crippen MR) is 88.6 cm³/mol. The maximum Gasteiger partial charge on any atom is 0.234 e. The highest BCUT2D eigenvalue weighted by Gasteiger charge is 2.05. The molecular formula is C15H23N3O2S. The van der Waals surface area contributed by atoms with Gasteiger partial charge >= 0.3 is 0 Å². The van der Waals surface area contributed by atoms with Crippen LogP contribution in [0.3, 0.4) is 0 Å². The second-order valence-corrected chi connectivity index (χ2v) is 5.90. The summed E-state index contributed by atoms with van der Waals surface area (Å²) in [6.07, 6.45) is 0.928. The quantitative estimate of drug-likeness (QED) is 0.677. The van der Waals surface area contributed by atoms with Gasteiger partial charge in [-0.05, 0) is 39.2 Å². The largest absolute Gasteiger partial charge is 0.355 e. The summed E-state index contributed by atoms with van der Waals surface area (Å²) in [5.74, 6) is 0.474.